The molecular formula is C22H23BrPS+. The van der Waals surface area contributed by atoms with Crippen LogP contribution in [0.4, 0.5) is 0 Å². The Bertz CT molecular complexity index is 748. The predicted octanol–water partition coefficient (Wildman–Crippen LogP) is 6.06. The summed E-state index contributed by atoms with van der Waals surface area (Å²) < 4.78 is 0. The molecular weight excluding hydrogens is 407 g/mol. The molecule has 0 bridgehead atoms. The highest BCUT2D eigenvalue weighted by Crippen LogP contribution is 2.62. The van der Waals surface area contributed by atoms with E-state index in [0.717, 1.165) is 12.8 Å². The molecule has 0 aliphatic carbocycles. The number of halogens is 1. The van der Waals surface area contributed by atoms with Crippen LogP contribution in [0.5, 0.6) is 0 Å². The fourth-order valence-corrected chi connectivity index (χ4v) is 8.23. The first kappa shape index (κ1) is 18.7. The summed E-state index contributed by atoms with van der Waals surface area (Å²) in [5, 5.41) is 4.33. The smallest absolute Gasteiger partial charge is 0.171 e. The number of hydrogen-bond acceptors (Lipinski definition) is 1. The second-order valence-corrected chi connectivity index (χ2v) is 12.7. The summed E-state index contributed by atoms with van der Waals surface area (Å²) >= 11 is 8.94. The molecule has 0 spiro atoms. The van der Waals surface area contributed by atoms with Gasteiger partial charge in [-0.25, -0.2) is 0 Å². The van der Waals surface area contributed by atoms with E-state index in [4.69, 9.17) is 12.6 Å². The van der Waals surface area contributed by atoms with Crippen molar-refractivity contribution in [1.82, 2.24) is 0 Å². The van der Waals surface area contributed by atoms with Crippen LogP contribution < -0.4 is 15.9 Å². The zero-order valence-electron chi connectivity index (χ0n) is 14.3. The van der Waals surface area contributed by atoms with Gasteiger partial charge in [0.2, 0.25) is 0 Å². The second kappa shape index (κ2) is 8.54. The van der Waals surface area contributed by atoms with E-state index in [-0.39, 0.29) is 0 Å². The van der Waals surface area contributed by atoms with Gasteiger partial charge in [-0.05, 0) is 48.4 Å². The van der Waals surface area contributed by atoms with Crippen LogP contribution in [-0.4, -0.2) is 0 Å². The fourth-order valence-electron chi connectivity index (χ4n) is 3.06. The van der Waals surface area contributed by atoms with E-state index in [1.54, 1.807) is 0 Å². The van der Waals surface area contributed by atoms with Crippen LogP contribution in [0.25, 0.3) is 0 Å². The number of hydrogen-bond donors (Lipinski definition) is 1. The second-order valence-electron chi connectivity index (χ2n) is 6.16. The van der Waals surface area contributed by atoms with Gasteiger partial charge in [0.15, 0.2) is 21.5 Å². The molecule has 0 heterocycles. The summed E-state index contributed by atoms with van der Waals surface area (Å²) in [6, 6.07) is 30.6. The number of thiol groups is 1. The summed E-state index contributed by atoms with van der Waals surface area (Å²) in [7, 11) is 0. The van der Waals surface area contributed by atoms with Crippen molar-refractivity contribution in [3.63, 3.8) is 0 Å². The van der Waals surface area contributed by atoms with E-state index in [0.29, 0.717) is 5.25 Å². The van der Waals surface area contributed by atoms with Crippen molar-refractivity contribution in [2.24, 2.45) is 0 Å². The third-order valence-electron chi connectivity index (χ3n) is 4.42. The van der Waals surface area contributed by atoms with E-state index in [9.17, 15) is 0 Å². The van der Waals surface area contributed by atoms with Crippen LogP contribution in [-0.2, 0) is 0 Å². The molecule has 3 rings (SSSR count). The topological polar surface area (TPSA) is 0 Å². The number of rotatable bonds is 6. The maximum atomic E-state index is 4.74. The van der Waals surface area contributed by atoms with Gasteiger partial charge in [-0.3, -0.25) is 0 Å². The lowest BCUT2D eigenvalue weighted by Gasteiger charge is -2.20. The van der Waals surface area contributed by atoms with E-state index >= 15 is 0 Å². The molecule has 25 heavy (non-hydrogen) atoms. The fraction of sp³-hybridized carbons (Fsp3) is 0.182. The molecule has 0 saturated carbocycles. The first-order valence-corrected chi connectivity index (χ1v) is 13.0. The molecule has 1 unspecified atom stereocenters. The van der Waals surface area contributed by atoms with Gasteiger partial charge in [0.05, 0.1) is 0 Å². The van der Waals surface area contributed by atoms with Crippen molar-refractivity contribution in [2.45, 2.75) is 25.0 Å². The van der Waals surface area contributed by atoms with Crippen LogP contribution in [0.3, 0.4) is 0 Å². The predicted molar refractivity (Wildman–Crippen MR) is 121 cm³/mol. The van der Waals surface area contributed by atoms with E-state index in [1.807, 2.05) is 0 Å². The lowest BCUT2D eigenvalue weighted by molar-refractivity contribution is 0.783. The van der Waals surface area contributed by atoms with Crippen molar-refractivity contribution in [3.05, 3.63) is 90.5 Å². The molecule has 3 aromatic rings. The molecule has 0 N–H and O–H groups in total. The van der Waals surface area contributed by atoms with E-state index < -0.39 is 5.96 Å². The van der Waals surface area contributed by atoms with Crippen molar-refractivity contribution in [2.75, 3.05) is 0 Å². The zero-order valence-corrected chi connectivity index (χ0v) is 17.7. The van der Waals surface area contributed by atoms with Crippen molar-refractivity contribution in [1.29, 1.82) is 0 Å². The van der Waals surface area contributed by atoms with Gasteiger partial charge >= 0.3 is 0 Å². The molecule has 3 aromatic carbocycles. The molecule has 1 atom stereocenters. The molecule has 0 saturated heterocycles. The van der Waals surface area contributed by atoms with Crippen LogP contribution in [0.15, 0.2) is 84.9 Å². The Morgan fingerprint density at radius 1 is 0.760 bits per heavy atom. The molecule has 0 nitrogen and oxygen atoms in total. The highest BCUT2D eigenvalue weighted by molar-refractivity contribution is 9.44. The zero-order chi connectivity index (χ0) is 17.7. The minimum absolute atomic E-state index is 0.315. The van der Waals surface area contributed by atoms with Gasteiger partial charge in [0, 0.05) is 5.25 Å². The Morgan fingerprint density at radius 2 is 1.20 bits per heavy atom. The third-order valence-corrected chi connectivity index (χ3v) is 11.7. The minimum Gasteiger partial charge on any atom is -0.171 e. The van der Waals surface area contributed by atoms with E-state index in [2.05, 4.69) is 107 Å². The molecule has 0 fully saturated rings. The molecule has 0 aliphatic heterocycles. The summed E-state index contributed by atoms with van der Waals surface area (Å²) in [4.78, 5) is 0. The number of benzene rings is 3. The maximum absolute atomic E-state index is 4.74. The average Bonchev–Trinajstić information content (AvgIpc) is 2.69. The molecule has 128 valence electrons. The van der Waals surface area contributed by atoms with Crippen molar-refractivity contribution in [3.8, 4) is 0 Å². The summed E-state index contributed by atoms with van der Waals surface area (Å²) in [5.74, 6) is -1.80. The lowest BCUT2D eigenvalue weighted by Crippen LogP contribution is -2.26. The minimum atomic E-state index is -1.80. The lowest BCUT2D eigenvalue weighted by atomic mass is 10.1. The Hall–Kier alpha value is -1.08. The SMILES string of the molecule is CCCC(S)c1ccc([P+](Br)(c2ccccc2)c2ccccc2)cc1. The van der Waals surface area contributed by atoms with Crippen molar-refractivity contribution >= 4 is 50.0 Å². The van der Waals surface area contributed by atoms with Crippen LogP contribution in [0.2, 0.25) is 0 Å². The molecule has 0 aromatic heterocycles. The van der Waals surface area contributed by atoms with Crippen LogP contribution >= 0.6 is 34.1 Å². The maximum Gasteiger partial charge on any atom is 0.181 e. The average molecular weight is 430 g/mol. The van der Waals surface area contributed by atoms with Gasteiger partial charge in [0.25, 0.3) is 0 Å². The largest absolute Gasteiger partial charge is 0.181 e. The molecule has 3 heteroatoms. The standard InChI is InChI=1S/C22H22BrPS/c1-2-9-22(25)18-14-16-21(17-15-18)24(23,19-10-5-3-6-11-19)20-12-7-4-8-13-20/h3-8,10-17,22H,2,9H2,1H3/p+1. The highest BCUT2D eigenvalue weighted by atomic mass is 79.9. The van der Waals surface area contributed by atoms with Gasteiger partial charge in [-0.1, -0.05) is 61.9 Å². The highest BCUT2D eigenvalue weighted by Gasteiger charge is 2.43. The Morgan fingerprint density at radius 3 is 1.64 bits per heavy atom. The Labute approximate surface area is 165 Å². The van der Waals surface area contributed by atoms with Gasteiger partial charge in [-0.15, -0.1) is 0 Å². The first-order valence-electron chi connectivity index (χ1n) is 8.64. The molecule has 0 radical (unpaired) electrons. The summed E-state index contributed by atoms with van der Waals surface area (Å²) in [5.41, 5.74) is 1.30. The van der Waals surface area contributed by atoms with Crippen LogP contribution in [0.1, 0.15) is 30.6 Å². The van der Waals surface area contributed by atoms with Gasteiger partial charge < -0.3 is 0 Å². The normalized spacial score (nSPS) is 12.8. The van der Waals surface area contributed by atoms with Crippen molar-refractivity contribution < 1.29 is 0 Å². The van der Waals surface area contributed by atoms with E-state index in [1.165, 1.54) is 21.5 Å². The first-order chi connectivity index (χ1) is 12.2. The van der Waals surface area contributed by atoms with Crippen LogP contribution in [0, 0.1) is 0 Å². The molecule has 0 aliphatic rings. The monoisotopic (exact) mass is 429 g/mol. The van der Waals surface area contributed by atoms with Gasteiger partial charge in [-0.2, -0.15) is 12.6 Å². The van der Waals surface area contributed by atoms with Gasteiger partial charge in [0.1, 0.15) is 15.9 Å². The quantitative estimate of drug-likeness (QED) is 0.357. The molecule has 0 amide bonds. The summed E-state index contributed by atoms with van der Waals surface area (Å²) in [6.45, 7) is 2.21. The Kier molecular flexibility index (Phi) is 6.39. The third kappa shape index (κ3) is 4.03. The summed E-state index contributed by atoms with van der Waals surface area (Å²) in [6.07, 6.45) is 2.26. The Balaban J connectivity index is 2.07.